The van der Waals surface area contributed by atoms with Crippen molar-refractivity contribution in [2.75, 3.05) is 19.7 Å². The zero-order valence-electron chi connectivity index (χ0n) is 16.3. The molecule has 1 fully saturated rings. The largest absolute Gasteiger partial charge is 0.452 e. The van der Waals surface area contributed by atoms with E-state index >= 15 is 0 Å². The summed E-state index contributed by atoms with van der Waals surface area (Å²) in [6.07, 6.45) is 2.02. The molecular formula is C24H20N2O3S. The molecule has 0 aliphatic carbocycles. The minimum atomic E-state index is -0.485. The van der Waals surface area contributed by atoms with Gasteiger partial charge in [0.05, 0.1) is 15.8 Å². The molecular weight excluding hydrogens is 396 g/mol. The highest BCUT2D eigenvalue weighted by Crippen LogP contribution is 2.36. The molecule has 5 nitrogen and oxygen atoms in total. The van der Waals surface area contributed by atoms with E-state index in [4.69, 9.17) is 9.72 Å². The number of hydrogen-bond donors (Lipinski definition) is 0. The van der Waals surface area contributed by atoms with Crippen molar-refractivity contribution in [2.45, 2.75) is 12.8 Å². The second-order valence-corrected chi connectivity index (χ2v) is 8.39. The number of nitrogens with zero attached hydrogens (tertiary/aromatic N) is 2. The quantitative estimate of drug-likeness (QED) is 0.444. The highest BCUT2D eigenvalue weighted by atomic mass is 32.1. The Morgan fingerprint density at radius 1 is 0.967 bits per heavy atom. The predicted molar refractivity (Wildman–Crippen MR) is 119 cm³/mol. The lowest BCUT2D eigenvalue weighted by atomic mass is 9.99. The van der Waals surface area contributed by atoms with Crippen LogP contribution in [-0.4, -0.2) is 41.5 Å². The van der Waals surface area contributed by atoms with Crippen LogP contribution in [0.5, 0.6) is 0 Å². The second-order valence-electron chi connectivity index (χ2n) is 7.36. The molecule has 1 aromatic heterocycles. The maximum absolute atomic E-state index is 12.9. The summed E-state index contributed by atoms with van der Waals surface area (Å²) in [6, 6.07) is 19.5. The lowest BCUT2D eigenvalue weighted by Gasteiger charge is -2.15. The third kappa shape index (κ3) is 3.44. The smallest absolute Gasteiger partial charge is 0.339 e. The lowest BCUT2D eigenvalue weighted by molar-refractivity contribution is -0.133. The fourth-order valence-corrected chi connectivity index (χ4v) is 4.94. The van der Waals surface area contributed by atoms with E-state index in [0.717, 1.165) is 57.5 Å². The summed E-state index contributed by atoms with van der Waals surface area (Å²) in [6.45, 7) is 1.26. The summed E-state index contributed by atoms with van der Waals surface area (Å²) in [7, 11) is 0. The van der Waals surface area contributed by atoms with Gasteiger partial charge in [0, 0.05) is 24.0 Å². The maximum Gasteiger partial charge on any atom is 0.339 e. The van der Waals surface area contributed by atoms with Gasteiger partial charge < -0.3 is 9.64 Å². The van der Waals surface area contributed by atoms with Crippen LogP contribution in [0.4, 0.5) is 0 Å². The molecule has 1 amide bonds. The van der Waals surface area contributed by atoms with Crippen molar-refractivity contribution in [3.8, 4) is 10.6 Å². The van der Waals surface area contributed by atoms with E-state index in [1.807, 2.05) is 54.6 Å². The van der Waals surface area contributed by atoms with Crippen molar-refractivity contribution in [3.05, 3.63) is 66.2 Å². The van der Waals surface area contributed by atoms with Gasteiger partial charge in [-0.2, -0.15) is 0 Å². The SMILES string of the molecule is O=C(OCC(=O)N1CCCC1)c1cccc2cccc(-c3nc4ccccc4s3)c12. The van der Waals surface area contributed by atoms with Gasteiger partial charge >= 0.3 is 5.97 Å². The van der Waals surface area contributed by atoms with Gasteiger partial charge in [-0.25, -0.2) is 9.78 Å². The summed E-state index contributed by atoms with van der Waals surface area (Å²) in [5, 5.41) is 2.60. The number of ether oxygens (including phenoxy) is 1. The molecule has 30 heavy (non-hydrogen) atoms. The summed E-state index contributed by atoms with van der Waals surface area (Å²) >= 11 is 1.60. The lowest BCUT2D eigenvalue weighted by Crippen LogP contribution is -2.32. The number of benzene rings is 3. The molecule has 1 saturated heterocycles. The minimum Gasteiger partial charge on any atom is -0.452 e. The van der Waals surface area contributed by atoms with Gasteiger partial charge in [-0.05, 0) is 36.4 Å². The van der Waals surface area contributed by atoms with Gasteiger partial charge in [-0.3, -0.25) is 4.79 Å². The van der Waals surface area contributed by atoms with Gasteiger partial charge in [0.25, 0.3) is 5.91 Å². The highest BCUT2D eigenvalue weighted by molar-refractivity contribution is 7.21. The molecule has 1 aliphatic rings. The Hall–Kier alpha value is -3.25. The number of likely N-dealkylation sites (tertiary alicyclic amines) is 1. The van der Waals surface area contributed by atoms with Gasteiger partial charge in [-0.1, -0.05) is 42.5 Å². The third-order valence-corrected chi connectivity index (χ3v) is 6.50. The first-order valence-electron chi connectivity index (χ1n) is 10.0. The molecule has 0 spiro atoms. The van der Waals surface area contributed by atoms with E-state index in [-0.39, 0.29) is 12.5 Å². The molecule has 150 valence electrons. The maximum atomic E-state index is 12.9. The molecule has 0 N–H and O–H groups in total. The normalized spacial score (nSPS) is 13.8. The first-order chi connectivity index (χ1) is 14.7. The van der Waals surface area contributed by atoms with Crippen LogP contribution in [-0.2, 0) is 9.53 Å². The Labute approximate surface area is 177 Å². The molecule has 0 unspecified atom stereocenters. The Bertz CT molecular complexity index is 1220. The van der Waals surface area contributed by atoms with Gasteiger partial charge in [0.2, 0.25) is 0 Å². The number of carbonyl (C=O) groups excluding carboxylic acids is 2. The fraction of sp³-hybridized carbons (Fsp3) is 0.208. The van der Waals surface area contributed by atoms with Crippen LogP contribution in [0.25, 0.3) is 31.6 Å². The molecule has 4 aromatic rings. The zero-order valence-corrected chi connectivity index (χ0v) is 17.2. The molecule has 6 heteroatoms. The molecule has 2 heterocycles. The van der Waals surface area contributed by atoms with Gasteiger partial charge in [0.1, 0.15) is 5.01 Å². The Balaban J connectivity index is 1.51. The van der Waals surface area contributed by atoms with E-state index < -0.39 is 5.97 Å². The Kier molecular flexibility index (Phi) is 4.93. The molecule has 5 rings (SSSR count). The number of aromatic nitrogens is 1. The minimum absolute atomic E-state index is 0.132. The Morgan fingerprint density at radius 2 is 1.73 bits per heavy atom. The number of hydrogen-bond acceptors (Lipinski definition) is 5. The first kappa shape index (κ1) is 18.8. The highest BCUT2D eigenvalue weighted by Gasteiger charge is 2.21. The molecule has 0 atom stereocenters. The van der Waals surface area contributed by atoms with Crippen LogP contribution in [0.15, 0.2) is 60.7 Å². The van der Waals surface area contributed by atoms with Crippen molar-refractivity contribution >= 4 is 44.2 Å². The van der Waals surface area contributed by atoms with E-state index in [1.54, 1.807) is 22.3 Å². The summed E-state index contributed by atoms with van der Waals surface area (Å²) in [4.78, 5) is 31.7. The van der Waals surface area contributed by atoms with Crippen molar-refractivity contribution in [3.63, 3.8) is 0 Å². The summed E-state index contributed by atoms with van der Waals surface area (Å²) in [5.41, 5.74) is 2.29. The van der Waals surface area contributed by atoms with Gasteiger partial charge in [-0.15, -0.1) is 11.3 Å². The summed E-state index contributed by atoms with van der Waals surface area (Å²) < 4.78 is 6.51. The van der Waals surface area contributed by atoms with Crippen LogP contribution >= 0.6 is 11.3 Å². The topological polar surface area (TPSA) is 59.5 Å². The van der Waals surface area contributed by atoms with Gasteiger partial charge in [0.15, 0.2) is 6.61 Å². The van der Waals surface area contributed by atoms with E-state index in [1.165, 1.54) is 0 Å². The monoisotopic (exact) mass is 416 g/mol. The number of fused-ring (bicyclic) bond motifs is 2. The number of esters is 1. The van der Waals surface area contributed by atoms with Crippen molar-refractivity contribution < 1.29 is 14.3 Å². The standard InChI is InChI=1S/C24H20N2O3S/c27-21(26-13-3-4-14-26)15-29-24(28)18-10-6-8-16-7-5-9-17(22(16)18)23-25-19-11-1-2-12-20(19)30-23/h1-2,5-12H,3-4,13-15H2. The van der Waals surface area contributed by atoms with Crippen LogP contribution in [0.2, 0.25) is 0 Å². The zero-order chi connectivity index (χ0) is 20.5. The summed E-state index contributed by atoms with van der Waals surface area (Å²) in [5.74, 6) is -0.616. The fourth-order valence-electron chi connectivity index (χ4n) is 3.94. The van der Waals surface area contributed by atoms with Crippen molar-refractivity contribution in [1.82, 2.24) is 9.88 Å². The van der Waals surface area contributed by atoms with Crippen LogP contribution < -0.4 is 0 Å². The number of para-hydroxylation sites is 1. The number of rotatable bonds is 4. The number of amides is 1. The number of carbonyl (C=O) groups is 2. The average Bonchev–Trinajstić information content (AvgIpc) is 3.46. The molecule has 0 bridgehead atoms. The molecule has 0 radical (unpaired) electrons. The Morgan fingerprint density at radius 3 is 2.53 bits per heavy atom. The van der Waals surface area contributed by atoms with Crippen LogP contribution in [0.1, 0.15) is 23.2 Å². The first-order valence-corrected chi connectivity index (χ1v) is 10.8. The second kappa shape index (κ2) is 7.88. The van der Waals surface area contributed by atoms with Crippen molar-refractivity contribution in [1.29, 1.82) is 0 Å². The molecule has 3 aromatic carbocycles. The molecule has 1 aliphatic heterocycles. The van der Waals surface area contributed by atoms with E-state index in [9.17, 15) is 9.59 Å². The third-order valence-electron chi connectivity index (χ3n) is 5.43. The van der Waals surface area contributed by atoms with E-state index in [2.05, 4.69) is 0 Å². The van der Waals surface area contributed by atoms with Crippen molar-refractivity contribution in [2.24, 2.45) is 0 Å². The van der Waals surface area contributed by atoms with E-state index in [0.29, 0.717) is 5.56 Å². The van der Waals surface area contributed by atoms with Crippen LogP contribution in [0, 0.1) is 0 Å². The molecule has 0 saturated carbocycles. The number of thiazole rings is 1. The predicted octanol–water partition coefficient (Wildman–Crippen LogP) is 4.90. The van der Waals surface area contributed by atoms with Crippen LogP contribution in [0.3, 0.4) is 0 Å². The average molecular weight is 417 g/mol.